The Labute approximate surface area is 122 Å². The molecule has 1 aliphatic carbocycles. The first kappa shape index (κ1) is 14.9. The second-order valence-electron chi connectivity index (χ2n) is 4.85. The van der Waals surface area contributed by atoms with Crippen LogP contribution in [0.15, 0.2) is 27.8 Å². The summed E-state index contributed by atoms with van der Waals surface area (Å²) in [5, 5.41) is 0. The Bertz CT molecular complexity index is 550. The van der Waals surface area contributed by atoms with Crippen LogP contribution in [0.3, 0.4) is 0 Å². The summed E-state index contributed by atoms with van der Waals surface area (Å²) in [6.07, 6.45) is 5.85. The molecule has 0 spiro atoms. The highest BCUT2D eigenvalue weighted by Crippen LogP contribution is 2.31. The summed E-state index contributed by atoms with van der Waals surface area (Å²) in [5.74, 6) is 0.250. The van der Waals surface area contributed by atoms with E-state index < -0.39 is 10.0 Å². The minimum atomic E-state index is -3.50. The number of nitrogens with two attached hydrogens (primary N) is 1. The Morgan fingerprint density at radius 3 is 2.84 bits per heavy atom. The highest BCUT2D eigenvalue weighted by Gasteiger charge is 2.36. The molecule has 2 N–H and O–H groups in total. The van der Waals surface area contributed by atoms with Gasteiger partial charge in [-0.05, 0) is 47.3 Å². The topological polar surface area (TPSA) is 76.3 Å². The normalized spacial score (nSPS) is 24.0. The molecule has 7 heteroatoms. The predicted molar refractivity (Wildman–Crippen MR) is 77.1 cm³/mol. The number of nitrogens with zero attached hydrogens (tertiary/aromatic N) is 2. The van der Waals surface area contributed by atoms with Crippen molar-refractivity contribution in [3.8, 4) is 0 Å². The van der Waals surface area contributed by atoms with E-state index in [0.717, 1.165) is 19.3 Å². The van der Waals surface area contributed by atoms with Gasteiger partial charge in [0.25, 0.3) is 0 Å². The molecule has 1 aliphatic rings. The van der Waals surface area contributed by atoms with Crippen LogP contribution in [0.25, 0.3) is 0 Å². The summed E-state index contributed by atoms with van der Waals surface area (Å²) in [5.41, 5.74) is 5.73. The first-order valence-corrected chi connectivity index (χ1v) is 8.48. The average molecular weight is 348 g/mol. The SMILES string of the molecule is CN(C1CCCC1CN)S(=O)(=O)c1cncc(Br)c1. The summed E-state index contributed by atoms with van der Waals surface area (Å²) >= 11 is 3.25. The molecule has 2 rings (SSSR count). The molecule has 0 bridgehead atoms. The van der Waals surface area contributed by atoms with Crippen molar-refractivity contribution < 1.29 is 8.42 Å². The lowest BCUT2D eigenvalue weighted by Gasteiger charge is -2.28. The molecule has 5 nitrogen and oxygen atoms in total. The second-order valence-corrected chi connectivity index (χ2v) is 7.77. The summed E-state index contributed by atoms with van der Waals surface area (Å²) in [6.45, 7) is 0.529. The van der Waals surface area contributed by atoms with Gasteiger partial charge in [-0.2, -0.15) is 4.31 Å². The Morgan fingerprint density at radius 1 is 1.47 bits per heavy atom. The van der Waals surface area contributed by atoms with E-state index in [1.165, 1.54) is 10.5 Å². The quantitative estimate of drug-likeness (QED) is 0.897. The Morgan fingerprint density at radius 2 is 2.21 bits per heavy atom. The third-order valence-corrected chi connectivity index (χ3v) is 6.03. The maximum atomic E-state index is 12.6. The monoisotopic (exact) mass is 347 g/mol. The van der Waals surface area contributed by atoms with Crippen molar-refractivity contribution in [2.24, 2.45) is 11.7 Å². The van der Waals surface area contributed by atoms with Crippen molar-refractivity contribution in [1.82, 2.24) is 9.29 Å². The molecule has 0 aromatic carbocycles. The van der Waals surface area contributed by atoms with Crippen LogP contribution in [0.5, 0.6) is 0 Å². The predicted octanol–water partition coefficient (Wildman–Crippen LogP) is 1.59. The number of pyridine rings is 1. The highest BCUT2D eigenvalue weighted by molar-refractivity contribution is 9.10. The Kier molecular flexibility index (Phi) is 4.60. The van der Waals surface area contributed by atoms with E-state index in [2.05, 4.69) is 20.9 Å². The molecule has 1 heterocycles. The molecule has 2 atom stereocenters. The van der Waals surface area contributed by atoms with Crippen LogP contribution in [-0.4, -0.2) is 37.3 Å². The molecule has 1 aromatic rings. The van der Waals surface area contributed by atoms with Crippen molar-refractivity contribution in [3.63, 3.8) is 0 Å². The molecule has 2 unspecified atom stereocenters. The van der Waals surface area contributed by atoms with Gasteiger partial charge in [0, 0.05) is 30.0 Å². The molecule has 1 aromatic heterocycles. The van der Waals surface area contributed by atoms with Crippen LogP contribution in [0.1, 0.15) is 19.3 Å². The second kappa shape index (κ2) is 5.87. The van der Waals surface area contributed by atoms with E-state index in [1.54, 1.807) is 19.3 Å². The number of aromatic nitrogens is 1. The van der Waals surface area contributed by atoms with Gasteiger partial charge in [0.2, 0.25) is 10.0 Å². The average Bonchev–Trinajstić information content (AvgIpc) is 2.85. The molecule has 0 aliphatic heterocycles. The van der Waals surface area contributed by atoms with E-state index >= 15 is 0 Å². The van der Waals surface area contributed by atoms with Gasteiger partial charge in [0.15, 0.2) is 0 Å². The minimum absolute atomic E-state index is 0.00557. The van der Waals surface area contributed by atoms with Gasteiger partial charge in [-0.25, -0.2) is 8.42 Å². The van der Waals surface area contributed by atoms with Crippen molar-refractivity contribution in [2.45, 2.75) is 30.2 Å². The third kappa shape index (κ3) is 2.99. The maximum absolute atomic E-state index is 12.6. The van der Waals surface area contributed by atoms with E-state index in [4.69, 9.17) is 5.73 Å². The van der Waals surface area contributed by atoms with Crippen molar-refractivity contribution in [1.29, 1.82) is 0 Å². The van der Waals surface area contributed by atoms with Gasteiger partial charge in [-0.1, -0.05) is 6.42 Å². The van der Waals surface area contributed by atoms with Crippen LogP contribution in [0, 0.1) is 5.92 Å². The van der Waals surface area contributed by atoms with Crippen molar-refractivity contribution >= 4 is 26.0 Å². The van der Waals surface area contributed by atoms with Crippen molar-refractivity contribution in [2.75, 3.05) is 13.6 Å². The number of sulfonamides is 1. The molecular weight excluding hydrogens is 330 g/mol. The van der Waals surface area contributed by atoms with Crippen LogP contribution in [0.4, 0.5) is 0 Å². The minimum Gasteiger partial charge on any atom is -0.330 e. The van der Waals surface area contributed by atoms with Gasteiger partial charge < -0.3 is 5.73 Å². The smallest absolute Gasteiger partial charge is 0.244 e. The number of rotatable bonds is 4. The van der Waals surface area contributed by atoms with Crippen LogP contribution in [0.2, 0.25) is 0 Å². The fraction of sp³-hybridized carbons (Fsp3) is 0.583. The first-order chi connectivity index (χ1) is 8.96. The van der Waals surface area contributed by atoms with E-state index in [-0.39, 0.29) is 16.9 Å². The molecule has 0 saturated heterocycles. The Hall–Kier alpha value is -0.500. The molecule has 19 heavy (non-hydrogen) atoms. The van der Waals surface area contributed by atoms with Crippen LogP contribution >= 0.6 is 15.9 Å². The summed E-state index contributed by atoms with van der Waals surface area (Å²) in [7, 11) is -1.87. The molecule has 0 amide bonds. The van der Waals surface area contributed by atoms with Gasteiger partial charge in [0.1, 0.15) is 4.90 Å². The maximum Gasteiger partial charge on any atom is 0.244 e. The van der Waals surface area contributed by atoms with E-state index in [1.807, 2.05) is 0 Å². The number of halogens is 1. The molecule has 106 valence electrons. The van der Waals surface area contributed by atoms with Gasteiger partial charge in [0.05, 0.1) is 0 Å². The van der Waals surface area contributed by atoms with E-state index in [9.17, 15) is 8.42 Å². The largest absolute Gasteiger partial charge is 0.330 e. The zero-order valence-electron chi connectivity index (χ0n) is 10.8. The summed E-state index contributed by atoms with van der Waals surface area (Å²) < 4.78 is 27.2. The van der Waals surface area contributed by atoms with Crippen LogP contribution < -0.4 is 5.73 Å². The van der Waals surface area contributed by atoms with Gasteiger partial charge >= 0.3 is 0 Å². The fourth-order valence-electron chi connectivity index (χ4n) is 2.65. The van der Waals surface area contributed by atoms with Gasteiger partial charge in [-0.3, -0.25) is 4.98 Å². The van der Waals surface area contributed by atoms with E-state index in [0.29, 0.717) is 11.0 Å². The lowest BCUT2D eigenvalue weighted by molar-refractivity contribution is 0.304. The molecule has 1 fully saturated rings. The van der Waals surface area contributed by atoms with Crippen molar-refractivity contribution in [3.05, 3.63) is 22.9 Å². The lowest BCUT2D eigenvalue weighted by Crippen LogP contribution is -2.41. The third-order valence-electron chi connectivity index (χ3n) is 3.75. The zero-order chi connectivity index (χ0) is 14.0. The van der Waals surface area contributed by atoms with Gasteiger partial charge in [-0.15, -0.1) is 0 Å². The van der Waals surface area contributed by atoms with Crippen LogP contribution in [-0.2, 0) is 10.0 Å². The molecule has 0 radical (unpaired) electrons. The lowest BCUT2D eigenvalue weighted by atomic mass is 10.0. The Balaban J connectivity index is 2.29. The number of hydrogen-bond acceptors (Lipinski definition) is 4. The summed E-state index contributed by atoms with van der Waals surface area (Å²) in [6, 6.07) is 1.57. The molecule has 1 saturated carbocycles. The molecular formula is C12H18BrN3O2S. The number of hydrogen-bond donors (Lipinski definition) is 1. The zero-order valence-corrected chi connectivity index (χ0v) is 13.2. The standard InChI is InChI=1S/C12H18BrN3O2S/c1-16(12-4-2-3-9(12)6-14)19(17,18)11-5-10(13)7-15-8-11/h5,7-9,12H,2-4,6,14H2,1H3. The first-order valence-electron chi connectivity index (χ1n) is 6.25. The summed E-state index contributed by atoms with van der Waals surface area (Å²) in [4.78, 5) is 4.14. The fourth-order valence-corrected chi connectivity index (χ4v) is 4.60. The highest BCUT2D eigenvalue weighted by atomic mass is 79.9.